The Labute approximate surface area is 171 Å². The average Bonchev–Trinajstić information content (AvgIpc) is 3.16. The number of rotatable bonds is 5. The molecule has 158 valence electrons. The van der Waals surface area contributed by atoms with Crippen LogP contribution in [0, 0.1) is 11.3 Å². The zero-order valence-corrected chi connectivity index (χ0v) is 17.1. The van der Waals surface area contributed by atoms with E-state index >= 15 is 0 Å². The first kappa shape index (κ1) is 19.9. The molecule has 2 aliphatic heterocycles. The summed E-state index contributed by atoms with van der Waals surface area (Å²) in [6.07, 6.45) is 6.83. The second kappa shape index (κ2) is 7.48. The summed E-state index contributed by atoms with van der Waals surface area (Å²) in [6, 6.07) is 1.68. The molecule has 3 heterocycles. The summed E-state index contributed by atoms with van der Waals surface area (Å²) in [6.45, 7) is 5.26. The van der Waals surface area contributed by atoms with Crippen LogP contribution >= 0.6 is 0 Å². The molecule has 1 spiro atoms. The molecule has 1 aromatic rings. The van der Waals surface area contributed by atoms with Gasteiger partial charge in [-0.2, -0.15) is 0 Å². The van der Waals surface area contributed by atoms with E-state index in [0.29, 0.717) is 32.0 Å². The van der Waals surface area contributed by atoms with Gasteiger partial charge in [0.1, 0.15) is 12.6 Å². The second-order valence-corrected chi connectivity index (χ2v) is 9.30. The predicted octanol–water partition coefficient (Wildman–Crippen LogP) is 1.54. The minimum Gasteiger partial charge on any atom is -0.446 e. The minimum atomic E-state index is -1.02. The van der Waals surface area contributed by atoms with Crippen molar-refractivity contribution >= 4 is 17.7 Å². The van der Waals surface area contributed by atoms with Crippen LogP contribution in [0.5, 0.6) is 0 Å². The Morgan fingerprint density at radius 1 is 1.41 bits per heavy atom. The maximum Gasteiger partial charge on any atom is 0.409 e. The summed E-state index contributed by atoms with van der Waals surface area (Å²) in [5, 5.41) is 16.1. The summed E-state index contributed by atoms with van der Waals surface area (Å²) in [7, 11) is 0. The van der Waals surface area contributed by atoms with Gasteiger partial charge in [0.05, 0.1) is 5.60 Å². The molecule has 0 bridgehead atoms. The van der Waals surface area contributed by atoms with E-state index < -0.39 is 5.60 Å². The van der Waals surface area contributed by atoms with Gasteiger partial charge in [0.2, 0.25) is 5.91 Å². The molecule has 0 radical (unpaired) electrons. The zero-order valence-electron chi connectivity index (χ0n) is 17.1. The number of pyridine rings is 1. The third-order valence-corrected chi connectivity index (χ3v) is 6.42. The van der Waals surface area contributed by atoms with E-state index in [0.717, 1.165) is 30.5 Å². The van der Waals surface area contributed by atoms with E-state index in [4.69, 9.17) is 4.74 Å². The standard InChI is InChI=1S/C21H30N4O4/c1-20(2,28)13-29-19(27)25-7-4-21(5-8-25)10-15(21)12-23-18(26)17-9-14-11-22-6-3-16(14)24-17/h3,6,11,15,17,24,28H,4-5,7-10,12-13H2,1-2H3,(H,23,26). The van der Waals surface area contributed by atoms with Crippen LogP contribution in [0.1, 0.15) is 38.7 Å². The van der Waals surface area contributed by atoms with E-state index in [1.54, 1.807) is 24.9 Å². The summed E-state index contributed by atoms with van der Waals surface area (Å²) in [4.78, 5) is 30.5. The summed E-state index contributed by atoms with van der Waals surface area (Å²) >= 11 is 0. The monoisotopic (exact) mass is 402 g/mol. The van der Waals surface area contributed by atoms with E-state index in [1.807, 2.05) is 12.3 Å². The maximum absolute atomic E-state index is 12.5. The number of ether oxygens (including phenoxy) is 1. The number of nitrogens with zero attached hydrogens (tertiary/aromatic N) is 2. The number of hydrogen-bond acceptors (Lipinski definition) is 6. The number of hydrogen-bond donors (Lipinski definition) is 3. The van der Waals surface area contributed by atoms with Crippen LogP contribution in [0.15, 0.2) is 18.5 Å². The first-order chi connectivity index (χ1) is 13.8. The fourth-order valence-electron chi connectivity index (χ4n) is 4.49. The van der Waals surface area contributed by atoms with Gasteiger partial charge in [0.15, 0.2) is 0 Å². The molecule has 8 heteroatoms. The topological polar surface area (TPSA) is 104 Å². The SMILES string of the molecule is CC(C)(O)COC(=O)N1CCC2(CC1)CC2CNC(=O)C1Cc2cnccc2N1. The summed E-state index contributed by atoms with van der Waals surface area (Å²) in [5.41, 5.74) is 1.31. The molecule has 2 unspecified atom stereocenters. The fourth-order valence-corrected chi connectivity index (χ4v) is 4.49. The van der Waals surface area contributed by atoms with Crippen molar-refractivity contribution in [2.45, 2.75) is 51.2 Å². The van der Waals surface area contributed by atoms with Crippen molar-refractivity contribution in [1.29, 1.82) is 0 Å². The summed E-state index contributed by atoms with van der Waals surface area (Å²) in [5.74, 6) is 0.516. The lowest BCUT2D eigenvalue weighted by Gasteiger charge is -2.33. The maximum atomic E-state index is 12.5. The molecule has 29 heavy (non-hydrogen) atoms. The van der Waals surface area contributed by atoms with Crippen molar-refractivity contribution in [2.75, 3.05) is 31.6 Å². The molecule has 1 saturated carbocycles. The number of aromatic nitrogens is 1. The molecule has 1 aromatic heterocycles. The number of amides is 2. The first-order valence-corrected chi connectivity index (χ1v) is 10.4. The number of fused-ring (bicyclic) bond motifs is 1. The fraction of sp³-hybridized carbons (Fsp3) is 0.667. The molecule has 3 N–H and O–H groups in total. The third-order valence-electron chi connectivity index (χ3n) is 6.42. The van der Waals surface area contributed by atoms with Crippen LogP contribution in [0.25, 0.3) is 0 Å². The second-order valence-electron chi connectivity index (χ2n) is 9.30. The minimum absolute atomic E-state index is 0.00271. The average molecular weight is 402 g/mol. The van der Waals surface area contributed by atoms with Crippen molar-refractivity contribution < 1.29 is 19.4 Å². The number of likely N-dealkylation sites (tertiary alicyclic amines) is 1. The zero-order chi connectivity index (χ0) is 20.6. The molecular formula is C21H30N4O4. The normalized spacial score (nSPS) is 24.6. The number of anilines is 1. The number of aliphatic hydroxyl groups is 1. The largest absolute Gasteiger partial charge is 0.446 e. The third kappa shape index (κ3) is 4.47. The molecule has 0 aromatic carbocycles. The molecule has 2 fully saturated rings. The number of piperidine rings is 1. The highest BCUT2D eigenvalue weighted by Gasteiger charge is 2.55. The Hall–Kier alpha value is -2.35. The van der Waals surface area contributed by atoms with Gasteiger partial charge >= 0.3 is 6.09 Å². The summed E-state index contributed by atoms with van der Waals surface area (Å²) < 4.78 is 5.19. The van der Waals surface area contributed by atoms with Crippen molar-refractivity contribution in [2.24, 2.45) is 11.3 Å². The molecule has 2 amide bonds. The molecule has 1 aliphatic carbocycles. The first-order valence-electron chi connectivity index (χ1n) is 10.4. The van der Waals surface area contributed by atoms with Crippen LogP contribution in [0.3, 0.4) is 0 Å². The van der Waals surface area contributed by atoms with Crippen molar-refractivity contribution in [3.63, 3.8) is 0 Å². The van der Waals surface area contributed by atoms with Crippen molar-refractivity contribution in [3.8, 4) is 0 Å². The molecule has 1 saturated heterocycles. The Morgan fingerprint density at radius 2 is 2.17 bits per heavy atom. The van der Waals surface area contributed by atoms with Crippen LogP contribution in [0.2, 0.25) is 0 Å². The molecular weight excluding hydrogens is 372 g/mol. The Balaban J connectivity index is 1.18. The van der Waals surface area contributed by atoms with E-state index in [-0.39, 0.29) is 30.1 Å². The smallest absolute Gasteiger partial charge is 0.409 e. The Morgan fingerprint density at radius 3 is 2.86 bits per heavy atom. The highest BCUT2D eigenvalue weighted by atomic mass is 16.6. The number of carbonyl (C=O) groups excluding carboxylic acids is 2. The number of nitrogens with one attached hydrogen (secondary N) is 2. The highest BCUT2D eigenvalue weighted by Crippen LogP contribution is 2.59. The van der Waals surface area contributed by atoms with Gasteiger partial charge in [-0.15, -0.1) is 0 Å². The van der Waals surface area contributed by atoms with Gasteiger partial charge in [-0.1, -0.05) is 0 Å². The van der Waals surface area contributed by atoms with Crippen LogP contribution < -0.4 is 10.6 Å². The lowest BCUT2D eigenvalue weighted by atomic mass is 9.91. The van der Waals surface area contributed by atoms with Gasteiger partial charge in [-0.25, -0.2) is 4.79 Å². The van der Waals surface area contributed by atoms with Crippen LogP contribution in [-0.4, -0.2) is 64.9 Å². The van der Waals surface area contributed by atoms with Crippen LogP contribution in [0.4, 0.5) is 10.5 Å². The van der Waals surface area contributed by atoms with E-state index in [1.165, 1.54) is 0 Å². The highest BCUT2D eigenvalue weighted by molar-refractivity contribution is 5.87. The van der Waals surface area contributed by atoms with Crippen molar-refractivity contribution in [1.82, 2.24) is 15.2 Å². The number of carbonyl (C=O) groups is 2. The molecule has 2 atom stereocenters. The van der Waals surface area contributed by atoms with Crippen LogP contribution in [-0.2, 0) is 16.0 Å². The van der Waals surface area contributed by atoms with Gasteiger partial charge in [0.25, 0.3) is 0 Å². The predicted molar refractivity (Wildman–Crippen MR) is 107 cm³/mol. The quantitative estimate of drug-likeness (QED) is 0.690. The molecule has 3 aliphatic rings. The van der Waals surface area contributed by atoms with Gasteiger partial charge in [-0.3, -0.25) is 9.78 Å². The molecule has 4 rings (SSSR count). The lowest BCUT2D eigenvalue weighted by Crippen LogP contribution is -2.43. The van der Waals surface area contributed by atoms with E-state index in [9.17, 15) is 14.7 Å². The van der Waals surface area contributed by atoms with Gasteiger partial charge in [0, 0.05) is 44.1 Å². The molecule has 8 nitrogen and oxygen atoms in total. The van der Waals surface area contributed by atoms with Gasteiger partial charge in [-0.05, 0) is 56.1 Å². The lowest BCUT2D eigenvalue weighted by molar-refractivity contribution is -0.121. The van der Waals surface area contributed by atoms with Crippen molar-refractivity contribution in [3.05, 3.63) is 24.0 Å². The Kier molecular flexibility index (Phi) is 5.14. The Bertz CT molecular complexity index is 758. The van der Waals surface area contributed by atoms with E-state index in [2.05, 4.69) is 15.6 Å². The van der Waals surface area contributed by atoms with Gasteiger partial charge < -0.3 is 25.4 Å².